The molecule has 0 radical (unpaired) electrons. The highest BCUT2D eigenvalue weighted by molar-refractivity contribution is 8.01. The quantitative estimate of drug-likeness (QED) is 0.147. The number of hydrogen-bond donors (Lipinski definition) is 0. The smallest absolute Gasteiger partial charge is 0.252 e. The largest absolute Gasteiger partial charge is 0.311 e. The predicted molar refractivity (Wildman–Crippen MR) is 315 cm³/mol. The van der Waals surface area contributed by atoms with Crippen molar-refractivity contribution in [3.8, 4) is 5.69 Å². The summed E-state index contributed by atoms with van der Waals surface area (Å²) in [6, 6.07) is 94.6. The van der Waals surface area contributed by atoms with Crippen molar-refractivity contribution in [2.45, 2.75) is 19.6 Å². The second-order valence-corrected chi connectivity index (χ2v) is 21.8. The zero-order valence-electron chi connectivity index (χ0n) is 40.0. The monoisotopic (exact) mass is 976 g/mol. The lowest BCUT2D eigenvalue weighted by atomic mass is 9.31. The van der Waals surface area contributed by atoms with Gasteiger partial charge in [0.05, 0.1) is 11.2 Å². The molecule has 1 aromatic heterocycles. The number of fused-ring (bicyclic) bond motifs is 11. The van der Waals surface area contributed by atoms with Gasteiger partial charge in [0.1, 0.15) is 0 Å². The molecule has 4 nitrogen and oxygen atoms in total. The minimum Gasteiger partial charge on any atom is -0.311 e. The normalized spacial score (nSPS) is 13.2. The molecule has 0 atom stereocenters. The van der Waals surface area contributed by atoms with Crippen LogP contribution in [-0.4, -0.2) is 18.0 Å². The number of para-hydroxylation sites is 7. The summed E-state index contributed by atoms with van der Waals surface area (Å²) >= 11 is 3.85. The number of anilines is 9. The molecule has 0 saturated carbocycles. The first kappa shape index (κ1) is 42.0. The van der Waals surface area contributed by atoms with Crippen molar-refractivity contribution in [1.82, 2.24) is 4.57 Å². The molecule has 4 aliphatic rings. The Bertz CT molecular complexity index is 4150. The summed E-state index contributed by atoms with van der Waals surface area (Å²) in [6.45, 7) is 0.0167. The van der Waals surface area contributed by atoms with Gasteiger partial charge >= 0.3 is 0 Å². The van der Waals surface area contributed by atoms with E-state index in [1.807, 2.05) is 23.5 Å². The van der Waals surface area contributed by atoms with E-state index in [0.717, 1.165) is 39.8 Å². The maximum Gasteiger partial charge on any atom is 0.252 e. The summed E-state index contributed by atoms with van der Waals surface area (Å²) < 4.78 is 2.58. The van der Waals surface area contributed by atoms with Crippen LogP contribution in [0.2, 0.25) is 0 Å². The summed E-state index contributed by atoms with van der Waals surface area (Å²) in [4.78, 5) is 12.6. The van der Waals surface area contributed by atoms with E-state index in [4.69, 9.17) is 0 Å². The molecule has 8 heteroatoms. The zero-order chi connectivity index (χ0) is 48.4. The Kier molecular flexibility index (Phi) is 9.36. The number of hydrogen-bond acceptors (Lipinski definition) is 5. The average Bonchev–Trinajstić information content (AvgIpc) is 3.85. The average molecular weight is 977 g/mol. The van der Waals surface area contributed by atoms with Crippen molar-refractivity contribution >= 4 is 143 Å². The van der Waals surface area contributed by atoms with Gasteiger partial charge in [-0.3, -0.25) is 0 Å². The molecule has 16 rings (SSSR count). The number of rotatable bonds is 7. The molecule has 0 aliphatic carbocycles. The molecule has 11 aromatic carbocycles. The topological polar surface area (TPSA) is 14.7 Å². The van der Waals surface area contributed by atoms with Gasteiger partial charge in [-0.15, -0.1) is 0 Å². The minimum atomic E-state index is -0.0384. The van der Waals surface area contributed by atoms with Gasteiger partial charge in [-0.2, -0.15) is 0 Å². The second-order valence-electron chi connectivity index (χ2n) is 19.6. The maximum absolute atomic E-state index is 2.63. The van der Waals surface area contributed by atoms with Crippen LogP contribution in [0.1, 0.15) is 0 Å². The SMILES string of the molecule is c1ccc(N(c2ccccc2)c2cc3c4c(c2)Sc2cc5c(cc2B4c2ccccc2S3)B2c3c(cc(N(c4ccccc4)c4ccccc4)cc3-n3c4ccccc4c4cccc2c43)N5c2ccccc2)cc1. The molecular weight excluding hydrogens is 935 g/mol. The van der Waals surface area contributed by atoms with Gasteiger partial charge in [-0.1, -0.05) is 186 Å². The Morgan fingerprint density at radius 3 is 1.46 bits per heavy atom. The highest BCUT2D eigenvalue weighted by atomic mass is 32.2. The zero-order valence-corrected chi connectivity index (χ0v) is 41.6. The first-order valence-electron chi connectivity index (χ1n) is 25.4. The lowest BCUT2D eigenvalue weighted by molar-refractivity contribution is 1.16. The van der Waals surface area contributed by atoms with E-state index in [0.29, 0.717) is 0 Å². The van der Waals surface area contributed by atoms with Crippen LogP contribution < -0.4 is 47.5 Å². The van der Waals surface area contributed by atoms with E-state index in [9.17, 15) is 0 Å². The van der Waals surface area contributed by atoms with Gasteiger partial charge in [0.25, 0.3) is 6.71 Å². The maximum atomic E-state index is 2.63. The molecule has 0 fully saturated rings. The van der Waals surface area contributed by atoms with Crippen LogP contribution in [0.3, 0.4) is 0 Å². The Morgan fingerprint density at radius 1 is 0.311 bits per heavy atom. The molecular formula is C66H42B2N4S2. The third kappa shape index (κ3) is 6.22. The van der Waals surface area contributed by atoms with E-state index in [-0.39, 0.29) is 13.4 Å². The fraction of sp³-hybridized carbons (Fsp3) is 0. The van der Waals surface area contributed by atoms with Crippen LogP contribution in [0.15, 0.2) is 274 Å². The van der Waals surface area contributed by atoms with Crippen molar-refractivity contribution in [2.24, 2.45) is 0 Å². The third-order valence-corrected chi connectivity index (χ3v) is 17.9. The third-order valence-electron chi connectivity index (χ3n) is 15.6. The standard InChI is InChI=1S/C66H42B2N4S2/c1-6-21-43(22-7-1)69(44-23-8-2-9-24-44)48-37-58-64-59(38-48)72-56-35-18-16-31-50(56)51-32-20-34-53(66(51)72)68(64)54-41-55-61(42-57(54)71(58)47-29-14-5-15-30-47)74-63-40-49(39-62-65(63)67(55)52-33-17-19-36-60(52)73-62)70(45-25-10-3-11-26-45)46-27-12-4-13-28-46/h1-42H. The van der Waals surface area contributed by atoms with Crippen molar-refractivity contribution in [2.75, 3.05) is 14.7 Å². The van der Waals surface area contributed by atoms with E-state index in [1.54, 1.807) is 0 Å². The summed E-state index contributed by atoms with van der Waals surface area (Å²) in [5, 5.41) is 2.55. The number of aromatic nitrogens is 1. The van der Waals surface area contributed by atoms with Gasteiger partial charge in [0.2, 0.25) is 6.71 Å². The molecule has 12 aromatic rings. The van der Waals surface area contributed by atoms with Crippen LogP contribution in [0.25, 0.3) is 27.5 Å². The Hall–Kier alpha value is -8.55. The van der Waals surface area contributed by atoms with Crippen LogP contribution in [0.4, 0.5) is 51.2 Å². The van der Waals surface area contributed by atoms with E-state index in [2.05, 4.69) is 274 Å². The van der Waals surface area contributed by atoms with Gasteiger partial charge in [-0.25, -0.2) is 0 Å². The molecule has 0 spiro atoms. The molecule has 0 bridgehead atoms. The molecule has 0 N–H and O–H groups in total. The Morgan fingerprint density at radius 2 is 0.811 bits per heavy atom. The lowest BCUT2D eigenvalue weighted by Gasteiger charge is -2.43. The summed E-state index contributed by atoms with van der Waals surface area (Å²) in [5.41, 5.74) is 22.1. The highest BCUT2D eigenvalue weighted by Crippen LogP contribution is 2.49. The number of nitrogens with zero attached hydrogens (tertiary/aromatic N) is 4. The fourth-order valence-electron chi connectivity index (χ4n) is 12.6. The van der Waals surface area contributed by atoms with Crippen molar-refractivity contribution in [1.29, 1.82) is 0 Å². The van der Waals surface area contributed by atoms with Crippen LogP contribution in [0.5, 0.6) is 0 Å². The van der Waals surface area contributed by atoms with Crippen molar-refractivity contribution in [3.05, 3.63) is 255 Å². The minimum absolute atomic E-state index is 0.0384. The van der Waals surface area contributed by atoms with Crippen molar-refractivity contribution in [3.63, 3.8) is 0 Å². The second kappa shape index (κ2) is 16.5. The Labute approximate surface area is 439 Å². The van der Waals surface area contributed by atoms with Gasteiger partial charge in [0, 0.05) is 87.1 Å². The van der Waals surface area contributed by atoms with E-state index in [1.165, 1.54) is 91.2 Å². The first-order chi connectivity index (χ1) is 36.7. The molecule has 4 aliphatic heterocycles. The van der Waals surface area contributed by atoms with E-state index >= 15 is 0 Å². The molecule has 344 valence electrons. The summed E-state index contributed by atoms with van der Waals surface area (Å²) in [7, 11) is 0. The molecule has 74 heavy (non-hydrogen) atoms. The summed E-state index contributed by atoms with van der Waals surface area (Å²) in [5.74, 6) is 0. The highest BCUT2D eigenvalue weighted by Gasteiger charge is 2.46. The van der Waals surface area contributed by atoms with Gasteiger partial charge in [-0.05, 0) is 125 Å². The predicted octanol–water partition coefficient (Wildman–Crippen LogP) is 13.8. The Balaban J connectivity index is 0.985. The molecule has 0 saturated heterocycles. The fourth-order valence-corrected chi connectivity index (χ4v) is 15.1. The van der Waals surface area contributed by atoms with E-state index < -0.39 is 0 Å². The number of benzene rings is 11. The molecule has 0 amide bonds. The van der Waals surface area contributed by atoms with Crippen molar-refractivity contribution < 1.29 is 0 Å². The lowest BCUT2D eigenvalue weighted by Crippen LogP contribution is -2.63. The van der Waals surface area contributed by atoms with Crippen LogP contribution >= 0.6 is 23.5 Å². The van der Waals surface area contributed by atoms with Gasteiger partial charge in [0.15, 0.2) is 0 Å². The van der Waals surface area contributed by atoms with Crippen LogP contribution in [0, 0.1) is 0 Å². The van der Waals surface area contributed by atoms with Gasteiger partial charge < -0.3 is 19.3 Å². The molecule has 5 heterocycles. The summed E-state index contributed by atoms with van der Waals surface area (Å²) in [6.07, 6.45) is 0. The molecule has 0 unspecified atom stereocenters. The first-order valence-corrected chi connectivity index (χ1v) is 27.0. The van der Waals surface area contributed by atoms with Crippen LogP contribution in [-0.2, 0) is 0 Å².